The first-order valence-electron chi connectivity index (χ1n) is 7.91. The number of hydrogen-bond acceptors (Lipinski definition) is 2. The van der Waals surface area contributed by atoms with Gasteiger partial charge in [-0.2, -0.15) is 0 Å². The van der Waals surface area contributed by atoms with Crippen LogP contribution in [0.1, 0.15) is 51.5 Å². The molecule has 2 nitrogen and oxygen atoms in total. The second-order valence-corrected chi connectivity index (χ2v) is 5.59. The lowest BCUT2D eigenvalue weighted by Gasteiger charge is -2.37. The Hall–Kier alpha value is -1.02. The third kappa shape index (κ3) is 3.97. The van der Waals surface area contributed by atoms with E-state index in [1.807, 2.05) is 0 Å². The maximum Gasteiger partial charge on any atom is 0.0368 e. The predicted octanol–water partition coefficient (Wildman–Crippen LogP) is 3.96. The van der Waals surface area contributed by atoms with Crippen molar-refractivity contribution in [3.63, 3.8) is 0 Å². The van der Waals surface area contributed by atoms with E-state index in [-0.39, 0.29) is 0 Å². The molecule has 1 aliphatic heterocycles. The molecule has 0 aliphatic carbocycles. The van der Waals surface area contributed by atoms with Crippen molar-refractivity contribution in [2.75, 3.05) is 18.0 Å². The maximum absolute atomic E-state index is 3.46. The van der Waals surface area contributed by atoms with Gasteiger partial charge in [0.1, 0.15) is 0 Å². The minimum atomic E-state index is 0.748. The molecule has 106 valence electrons. The molecule has 1 aromatic carbocycles. The molecule has 1 fully saturated rings. The van der Waals surface area contributed by atoms with E-state index in [1.165, 1.54) is 49.9 Å². The Balaban J connectivity index is 1.96. The fraction of sp³-hybridized carbons (Fsp3) is 0.647. The zero-order valence-electron chi connectivity index (χ0n) is 12.5. The Bertz CT molecular complexity index is 358. The van der Waals surface area contributed by atoms with Gasteiger partial charge in [-0.25, -0.2) is 0 Å². The number of nitrogens with one attached hydrogen (secondary N) is 1. The molecule has 0 saturated carbocycles. The molecule has 1 aliphatic rings. The summed E-state index contributed by atoms with van der Waals surface area (Å²) >= 11 is 0. The lowest BCUT2D eigenvalue weighted by molar-refractivity contribution is 0.450. The topological polar surface area (TPSA) is 15.3 Å². The molecule has 0 aromatic heterocycles. The molecule has 1 heterocycles. The molecular weight excluding hydrogens is 232 g/mol. The van der Waals surface area contributed by atoms with Crippen LogP contribution in [-0.4, -0.2) is 19.1 Å². The van der Waals surface area contributed by atoms with Crippen LogP contribution in [0.3, 0.4) is 0 Å². The van der Waals surface area contributed by atoms with E-state index in [2.05, 4.69) is 48.3 Å². The van der Waals surface area contributed by atoms with Gasteiger partial charge in [-0.05, 0) is 56.3 Å². The van der Waals surface area contributed by atoms with Crippen LogP contribution in [0, 0.1) is 0 Å². The van der Waals surface area contributed by atoms with Crippen LogP contribution in [0.2, 0.25) is 0 Å². The van der Waals surface area contributed by atoms with Crippen molar-refractivity contribution in [2.24, 2.45) is 0 Å². The highest BCUT2D eigenvalue weighted by Gasteiger charge is 2.20. The van der Waals surface area contributed by atoms with Crippen molar-refractivity contribution < 1.29 is 0 Å². The Morgan fingerprint density at radius 2 is 1.95 bits per heavy atom. The smallest absolute Gasteiger partial charge is 0.0368 e. The monoisotopic (exact) mass is 260 g/mol. The van der Waals surface area contributed by atoms with Crippen molar-refractivity contribution in [3.05, 3.63) is 29.8 Å². The van der Waals surface area contributed by atoms with Crippen molar-refractivity contribution >= 4 is 5.69 Å². The van der Waals surface area contributed by atoms with E-state index in [9.17, 15) is 0 Å². The Morgan fingerprint density at radius 1 is 1.16 bits per heavy atom. The van der Waals surface area contributed by atoms with E-state index in [4.69, 9.17) is 0 Å². The maximum atomic E-state index is 3.46. The van der Waals surface area contributed by atoms with Gasteiger partial charge in [0, 0.05) is 24.8 Å². The lowest BCUT2D eigenvalue weighted by atomic mass is 9.99. The van der Waals surface area contributed by atoms with Gasteiger partial charge in [-0.3, -0.25) is 0 Å². The summed E-state index contributed by atoms with van der Waals surface area (Å²) in [5.41, 5.74) is 2.80. The number of piperidine rings is 1. The van der Waals surface area contributed by atoms with Gasteiger partial charge in [0.2, 0.25) is 0 Å². The zero-order chi connectivity index (χ0) is 13.5. The molecule has 0 amide bonds. The van der Waals surface area contributed by atoms with Crippen LogP contribution in [-0.2, 0) is 6.54 Å². The minimum absolute atomic E-state index is 0.748. The lowest BCUT2D eigenvalue weighted by Crippen LogP contribution is -2.39. The summed E-state index contributed by atoms with van der Waals surface area (Å²) in [6.45, 7) is 7.84. The van der Waals surface area contributed by atoms with Crippen LogP contribution in [0.4, 0.5) is 5.69 Å². The highest BCUT2D eigenvalue weighted by atomic mass is 15.2. The van der Waals surface area contributed by atoms with Gasteiger partial charge in [-0.1, -0.05) is 26.0 Å². The van der Waals surface area contributed by atoms with Crippen LogP contribution >= 0.6 is 0 Å². The molecule has 1 atom stereocenters. The summed E-state index contributed by atoms with van der Waals surface area (Å²) < 4.78 is 0. The van der Waals surface area contributed by atoms with Crippen molar-refractivity contribution in [3.8, 4) is 0 Å². The van der Waals surface area contributed by atoms with Crippen LogP contribution in [0.15, 0.2) is 24.3 Å². The van der Waals surface area contributed by atoms with E-state index < -0.39 is 0 Å². The molecule has 0 spiro atoms. The fourth-order valence-corrected chi connectivity index (χ4v) is 2.98. The number of benzene rings is 1. The largest absolute Gasteiger partial charge is 0.369 e. The van der Waals surface area contributed by atoms with Gasteiger partial charge in [0.25, 0.3) is 0 Å². The molecule has 0 bridgehead atoms. The summed E-state index contributed by atoms with van der Waals surface area (Å²) in [6.07, 6.45) is 6.56. The van der Waals surface area contributed by atoms with Crippen LogP contribution < -0.4 is 10.2 Å². The van der Waals surface area contributed by atoms with Gasteiger partial charge < -0.3 is 10.2 Å². The van der Waals surface area contributed by atoms with Crippen molar-refractivity contribution in [1.82, 2.24) is 5.32 Å². The predicted molar refractivity (Wildman–Crippen MR) is 83.7 cm³/mol. The molecular formula is C17H28N2. The Labute approximate surface area is 118 Å². The Kier molecular flexibility index (Phi) is 5.71. The first kappa shape index (κ1) is 14.4. The quantitative estimate of drug-likeness (QED) is 0.779. The summed E-state index contributed by atoms with van der Waals surface area (Å²) in [4.78, 5) is 2.60. The molecule has 2 heteroatoms. The highest BCUT2D eigenvalue weighted by molar-refractivity contribution is 5.49. The first-order valence-corrected chi connectivity index (χ1v) is 7.91. The standard InChI is InChI=1S/C17H28N2/c1-3-12-18-14-15-8-10-17(11-9-15)19-13-6-5-7-16(19)4-2/h8-11,16,18H,3-7,12-14H2,1-2H3. The van der Waals surface area contributed by atoms with E-state index in [0.717, 1.165) is 19.1 Å². The second kappa shape index (κ2) is 7.54. The van der Waals surface area contributed by atoms with E-state index in [0.29, 0.717) is 0 Å². The third-order valence-corrected chi connectivity index (χ3v) is 4.12. The summed E-state index contributed by atoms with van der Waals surface area (Å²) in [6, 6.07) is 9.91. The molecule has 19 heavy (non-hydrogen) atoms. The molecule has 1 N–H and O–H groups in total. The normalized spacial score (nSPS) is 19.7. The van der Waals surface area contributed by atoms with E-state index >= 15 is 0 Å². The zero-order valence-corrected chi connectivity index (χ0v) is 12.5. The fourth-order valence-electron chi connectivity index (χ4n) is 2.98. The van der Waals surface area contributed by atoms with Crippen LogP contribution in [0.25, 0.3) is 0 Å². The highest BCUT2D eigenvalue weighted by Crippen LogP contribution is 2.26. The first-order chi connectivity index (χ1) is 9.35. The summed E-state index contributed by atoms with van der Waals surface area (Å²) in [5, 5.41) is 3.46. The van der Waals surface area contributed by atoms with Gasteiger partial charge in [0.05, 0.1) is 0 Å². The minimum Gasteiger partial charge on any atom is -0.369 e. The summed E-state index contributed by atoms with van der Waals surface area (Å²) in [7, 11) is 0. The third-order valence-electron chi connectivity index (χ3n) is 4.12. The van der Waals surface area contributed by atoms with Crippen molar-refractivity contribution in [1.29, 1.82) is 0 Å². The van der Waals surface area contributed by atoms with E-state index in [1.54, 1.807) is 0 Å². The molecule has 2 rings (SSSR count). The average molecular weight is 260 g/mol. The van der Waals surface area contributed by atoms with Gasteiger partial charge in [-0.15, -0.1) is 0 Å². The van der Waals surface area contributed by atoms with Gasteiger partial charge >= 0.3 is 0 Å². The molecule has 1 saturated heterocycles. The second-order valence-electron chi connectivity index (χ2n) is 5.59. The molecule has 1 aromatic rings. The number of nitrogens with zero attached hydrogens (tertiary/aromatic N) is 1. The molecule has 1 unspecified atom stereocenters. The number of anilines is 1. The number of rotatable bonds is 6. The average Bonchev–Trinajstić information content (AvgIpc) is 2.48. The number of hydrogen-bond donors (Lipinski definition) is 1. The SMILES string of the molecule is CCCNCc1ccc(N2CCCCC2CC)cc1. The molecule has 0 radical (unpaired) electrons. The Morgan fingerprint density at radius 3 is 2.63 bits per heavy atom. The summed E-state index contributed by atoms with van der Waals surface area (Å²) in [5.74, 6) is 0. The van der Waals surface area contributed by atoms with Gasteiger partial charge in [0.15, 0.2) is 0 Å². The van der Waals surface area contributed by atoms with Crippen LogP contribution in [0.5, 0.6) is 0 Å². The van der Waals surface area contributed by atoms with Crippen molar-refractivity contribution in [2.45, 2.75) is 58.5 Å².